The summed E-state index contributed by atoms with van der Waals surface area (Å²) in [5.41, 5.74) is 6.79. The van der Waals surface area contributed by atoms with Gasteiger partial charge in [0.15, 0.2) is 5.65 Å². The summed E-state index contributed by atoms with van der Waals surface area (Å²) < 4.78 is 0. The van der Waals surface area contributed by atoms with Crippen molar-refractivity contribution in [3.63, 3.8) is 0 Å². The van der Waals surface area contributed by atoms with Crippen LogP contribution in [-0.2, 0) is 4.79 Å². The summed E-state index contributed by atoms with van der Waals surface area (Å²) in [6, 6.07) is 12.3. The van der Waals surface area contributed by atoms with Gasteiger partial charge in [-0.05, 0) is 75.2 Å². The van der Waals surface area contributed by atoms with Crippen LogP contribution in [0, 0.1) is 12.8 Å². The van der Waals surface area contributed by atoms with Gasteiger partial charge < -0.3 is 15.6 Å². The highest BCUT2D eigenvalue weighted by atomic mass is 32.1. The van der Waals surface area contributed by atoms with Crippen LogP contribution in [0.5, 0.6) is 0 Å². The number of pyridine rings is 3. The summed E-state index contributed by atoms with van der Waals surface area (Å²) in [6.07, 6.45) is 9.71. The van der Waals surface area contributed by atoms with Crippen molar-refractivity contribution in [1.29, 1.82) is 0 Å². The number of aromatic amines is 2. The minimum absolute atomic E-state index is 0.0296. The fourth-order valence-corrected chi connectivity index (χ4v) is 6.31. The topological polar surface area (TPSA) is 124 Å². The summed E-state index contributed by atoms with van der Waals surface area (Å²) >= 11 is 1.73. The number of hydrogen-bond acceptors (Lipinski definition) is 7. The standard InChI is InChI=1S/C30H28N8OS/c1-17-2-3-26(40-17)29-22-13-25(36-24(22)6-9-33-29)28-23-12-20(15-34-30(23)38-37-28)19-11-21(16-32-14-19)35-27(39)10-18-4-7-31-8-5-18/h2-3,6,9,11-16,18,31,36H,4-5,7-8,10H2,1H3,(H,35,39)(H,34,37,38). The maximum absolute atomic E-state index is 12.7. The van der Waals surface area contributed by atoms with Crippen molar-refractivity contribution in [3.8, 4) is 33.1 Å². The number of nitrogens with one attached hydrogen (secondary N) is 4. The lowest BCUT2D eigenvalue weighted by Crippen LogP contribution is -2.30. The Morgan fingerprint density at radius 3 is 2.73 bits per heavy atom. The number of hydrogen-bond donors (Lipinski definition) is 4. The molecule has 1 saturated heterocycles. The van der Waals surface area contributed by atoms with Crippen molar-refractivity contribution in [3.05, 3.63) is 66.1 Å². The van der Waals surface area contributed by atoms with Gasteiger partial charge in [0.25, 0.3) is 0 Å². The lowest BCUT2D eigenvalue weighted by atomic mass is 9.94. The van der Waals surface area contributed by atoms with E-state index in [4.69, 9.17) is 0 Å². The maximum atomic E-state index is 12.7. The number of nitrogens with zero attached hydrogens (tertiary/aromatic N) is 4. The highest BCUT2D eigenvalue weighted by Gasteiger charge is 2.18. The molecule has 0 bridgehead atoms. The number of H-pyrrole nitrogens is 2. The van der Waals surface area contributed by atoms with Crippen LogP contribution in [0.1, 0.15) is 24.1 Å². The molecule has 1 amide bonds. The first-order valence-electron chi connectivity index (χ1n) is 13.5. The van der Waals surface area contributed by atoms with Gasteiger partial charge in [-0.2, -0.15) is 5.10 Å². The molecule has 6 aromatic heterocycles. The van der Waals surface area contributed by atoms with Gasteiger partial charge in [0, 0.05) is 57.3 Å². The Balaban J connectivity index is 1.19. The van der Waals surface area contributed by atoms with Crippen LogP contribution < -0.4 is 10.6 Å². The molecule has 0 unspecified atom stereocenters. The van der Waals surface area contributed by atoms with Crippen LogP contribution in [-0.4, -0.2) is 49.1 Å². The van der Waals surface area contributed by atoms with Gasteiger partial charge in [-0.1, -0.05) is 0 Å². The summed E-state index contributed by atoms with van der Waals surface area (Å²) in [6.45, 7) is 4.06. The highest BCUT2D eigenvalue weighted by Crippen LogP contribution is 2.36. The molecule has 0 aromatic carbocycles. The quantitative estimate of drug-likeness (QED) is 0.205. The number of carbonyl (C=O) groups is 1. The van der Waals surface area contributed by atoms with Crippen LogP contribution in [0.3, 0.4) is 0 Å². The zero-order chi connectivity index (χ0) is 27.1. The van der Waals surface area contributed by atoms with Crippen LogP contribution in [0.15, 0.2) is 61.2 Å². The van der Waals surface area contributed by atoms with Gasteiger partial charge in [-0.15, -0.1) is 11.3 Å². The first-order valence-corrected chi connectivity index (χ1v) is 14.3. The molecule has 10 heteroatoms. The van der Waals surface area contributed by atoms with E-state index in [0.717, 1.165) is 75.3 Å². The third-order valence-corrected chi connectivity index (χ3v) is 8.49. The number of aromatic nitrogens is 6. The van der Waals surface area contributed by atoms with E-state index in [2.05, 4.69) is 72.0 Å². The Morgan fingerprint density at radius 2 is 1.88 bits per heavy atom. The molecule has 0 radical (unpaired) electrons. The Morgan fingerprint density at radius 1 is 1.00 bits per heavy atom. The Kier molecular flexibility index (Phi) is 6.33. The fourth-order valence-electron chi connectivity index (χ4n) is 5.43. The van der Waals surface area contributed by atoms with E-state index in [-0.39, 0.29) is 5.91 Å². The van der Waals surface area contributed by atoms with Gasteiger partial charge in [-0.25, -0.2) is 4.98 Å². The highest BCUT2D eigenvalue weighted by molar-refractivity contribution is 7.15. The largest absolute Gasteiger partial charge is 0.353 e. The van der Waals surface area contributed by atoms with E-state index >= 15 is 0 Å². The molecule has 4 N–H and O–H groups in total. The lowest BCUT2D eigenvalue weighted by molar-refractivity contribution is -0.117. The number of amides is 1. The molecule has 0 spiro atoms. The molecule has 1 aliphatic rings. The second-order valence-corrected chi connectivity index (χ2v) is 11.6. The van der Waals surface area contributed by atoms with Crippen LogP contribution in [0.4, 0.5) is 5.69 Å². The summed E-state index contributed by atoms with van der Waals surface area (Å²) in [7, 11) is 0. The predicted octanol–water partition coefficient (Wildman–Crippen LogP) is 5.93. The van der Waals surface area contributed by atoms with Gasteiger partial charge in [0.2, 0.25) is 5.91 Å². The van der Waals surface area contributed by atoms with Crippen molar-refractivity contribution in [1.82, 2.24) is 35.5 Å². The van der Waals surface area contributed by atoms with Crippen molar-refractivity contribution in [2.75, 3.05) is 18.4 Å². The maximum Gasteiger partial charge on any atom is 0.224 e. The zero-order valence-corrected chi connectivity index (χ0v) is 22.8. The molecular weight excluding hydrogens is 520 g/mol. The molecular formula is C30H28N8OS. The number of carbonyl (C=O) groups excluding carboxylic acids is 1. The molecule has 1 fully saturated rings. The second kappa shape index (κ2) is 10.3. The first-order chi connectivity index (χ1) is 19.6. The molecule has 0 atom stereocenters. The summed E-state index contributed by atoms with van der Waals surface area (Å²) in [5, 5.41) is 16.0. The number of thiophene rings is 1. The predicted molar refractivity (Wildman–Crippen MR) is 159 cm³/mol. The van der Waals surface area contributed by atoms with Crippen LogP contribution in [0.25, 0.3) is 55.0 Å². The molecule has 9 nitrogen and oxygen atoms in total. The number of rotatable bonds is 6. The molecule has 7 rings (SSSR count). The number of fused-ring (bicyclic) bond motifs is 2. The van der Waals surface area contributed by atoms with E-state index in [0.29, 0.717) is 23.7 Å². The van der Waals surface area contributed by atoms with E-state index in [1.54, 1.807) is 29.9 Å². The monoisotopic (exact) mass is 548 g/mol. The van der Waals surface area contributed by atoms with Crippen LogP contribution >= 0.6 is 11.3 Å². The smallest absolute Gasteiger partial charge is 0.224 e. The SMILES string of the molecule is Cc1ccc(-c2nccc3[nH]c(-c4n[nH]c5ncc(-c6cncc(NC(=O)CC7CCNCC7)c6)cc45)cc23)s1. The number of anilines is 1. The average molecular weight is 549 g/mol. The fraction of sp³-hybridized carbons (Fsp3) is 0.233. The van der Waals surface area contributed by atoms with E-state index in [1.807, 2.05) is 18.3 Å². The minimum Gasteiger partial charge on any atom is -0.353 e. The third-order valence-electron chi connectivity index (χ3n) is 7.48. The number of piperidine rings is 1. The number of aryl methyl sites for hydroxylation is 1. The normalized spacial score (nSPS) is 14.2. The van der Waals surface area contributed by atoms with Gasteiger partial charge in [0.1, 0.15) is 5.69 Å². The Labute approximate surface area is 234 Å². The van der Waals surface area contributed by atoms with Crippen molar-refractivity contribution in [2.45, 2.75) is 26.2 Å². The summed E-state index contributed by atoms with van der Waals surface area (Å²) in [4.78, 5) is 32.3. The molecule has 6 aromatic rings. The van der Waals surface area contributed by atoms with E-state index < -0.39 is 0 Å². The van der Waals surface area contributed by atoms with Crippen molar-refractivity contribution < 1.29 is 4.79 Å². The molecule has 1 aliphatic heterocycles. The molecule has 40 heavy (non-hydrogen) atoms. The van der Waals surface area contributed by atoms with Crippen molar-refractivity contribution in [2.24, 2.45) is 5.92 Å². The molecule has 200 valence electrons. The minimum atomic E-state index is 0.0296. The first kappa shape index (κ1) is 24.6. The summed E-state index contributed by atoms with van der Waals surface area (Å²) in [5.74, 6) is 0.455. The van der Waals surface area contributed by atoms with Crippen LogP contribution in [0.2, 0.25) is 0 Å². The van der Waals surface area contributed by atoms with Gasteiger partial charge >= 0.3 is 0 Å². The van der Waals surface area contributed by atoms with E-state index in [9.17, 15) is 4.79 Å². The average Bonchev–Trinajstić information content (AvgIpc) is 3.71. The van der Waals surface area contributed by atoms with Gasteiger partial charge in [-0.3, -0.25) is 19.9 Å². The third kappa shape index (κ3) is 4.76. The van der Waals surface area contributed by atoms with Gasteiger partial charge in [0.05, 0.1) is 28.1 Å². The Hall–Kier alpha value is -4.41. The molecule has 0 aliphatic carbocycles. The Bertz CT molecular complexity index is 1850. The second-order valence-electron chi connectivity index (χ2n) is 10.3. The lowest BCUT2D eigenvalue weighted by Gasteiger charge is -2.21. The van der Waals surface area contributed by atoms with Crippen molar-refractivity contribution >= 4 is 44.9 Å². The molecule has 0 saturated carbocycles. The molecule has 7 heterocycles. The zero-order valence-electron chi connectivity index (χ0n) is 22.0. The van der Waals surface area contributed by atoms with E-state index in [1.165, 1.54) is 4.88 Å².